The van der Waals surface area contributed by atoms with Gasteiger partial charge in [0.1, 0.15) is 29.5 Å². The molecule has 0 aliphatic carbocycles. The molecule has 1 amide bonds. The summed E-state index contributed by atoms with van der Waals surface area (Å²) in [6.07, 6.45) is 5.63. The number of pyridine rings is 1. The van der Waals surface area contributed by atoms with Gasteiger partial charge in [-0.25, -0.2) is 14.5 Å². The molecule has 12 nitrogen and oxygen atoms in total. The number of aliphatic imine (C=N–C) groups is 1. The van der Waals surface area contributed by atoms with Crippen molar-refractivity contribution >= 4 is 29.5 Å². The highest BCUT2D eigenvalue weighted by Crippen LogP contribution is 2.29. The third kappa shape index (κ3) is 7.25. The number of methoxy groups -OCH3 is 1. The van der Waals surface area contributed by atoms with Crippen LogP contribution in [0.25, 0.3) is 17.0 Å². The average Bonchev–Trinajstić information content (AvgIpc) is 3.24. The lowest BCUT2D eigenvalue weighted by molar-refractivity contribution is 0.0240. The molecule has 0 bridgehead atoms. The zero-order chi connectivity index (χ0) is 31.3. The molecule has 2 aliphatic rings. The number of nitrogens with two attached hydrogens (primary N) is 1. The van der Waals surface area contributed by atoms with E-state index in [4.69, 9.17) is 25.2 Å². The van der Waals surface area contributed by atoms with Gasteiger partial charge in [-0.2, -0.15) is 10.2 Å². The number of piperazine rings is 1. The molecule has 2 aromatic heterocycles. The number of carbonyl (C=O) groups excluding carboxylic acids is 1. The Bertz CT molecular complexity index is 1650. The minimum Gasteiger partial charge on any atom is -0.497 e. The smallest absolute Gasteiger partial charge is 0.410 e. The van der Waals surface area contributed by atoms with E-state index in [0.29, 0.717) is 49.5 Å². The Morgan fingerprint density at radius 3 is 2.57 bits per heavy atom. The van der Waals surface area contributed by atoms with Crippen molar-refractivity contribution in [3.8, 4) is 17.0 Å². The molecule has 44 heavy (non-hydrogen) atoms. The molecule has 2 aliphatic heterocycles. The quantitative estimate of drug-likeness (QED) is 0.317. The second-order valence-corrected chi connectivity index (χ2v) is 11.4. The number of amides is 1. The van der Waals surface area contributed by atoms with Crippen LogP contribution in [0.4, 0.5) is 16.3 Å². The Labute approximate surface area is 256 Å². The molecule has 230 valence electrons. The predicted octanol–water partition coefficient (Wildman–Crippen LogP) is 4.12. The van der Waals surface area contributed by atoms with Gasteiger partial charge in [0.2, 0.25) is 0 Å². The number of hydrogen-bond donors (Lipinski definition) is 1. The summed E-state index contributed by atoms with van der Waals surface area (Å²) in [5, 5.41) is 8.62. The average molecular weight is 599 g/mol. The fourth-order valence-electron chi connectivity index (χ4n) is 4.79. The Kier molecular flexibility index (Phi) is 8.98. The Morgan fingerprint density at radius 1 is 1.09 bits per heavy atom. The maximum atomic E-state index is 12.4. The van der Waals surface area contributed by atoms with E-state index in [2.05, 4.69) is 26.6 Å². The monoisotopic (exact) mass is 598 g/mol. The van der Waals surface area contributed by atoms with Crippen LogP contribution in [0.1, 0.15) is 26.3 Å². The molecule has 4 heterocycles. The van der Waals surface area contributed by atoms with Crippen LogP contribution in [0.5, 0.6) is 5.75 Å². The lowest BCUT2D eigenvalue weighted by atomic mass is 10.1. The van der Waals surface area contributed by atoms with E-state index in [1.807, 2.05) is 63.2 Å². The highest BCUT2D eigenvalue weighted by Gasteiger charge is 2.26. The number of benzene rings is 1. The van der Waals surface area contributed by atoms with Gasteiger partial charge in [-0.1, -0.05) is 12.6 Å². The number of carbonyl (C=O) groups is 1. The highest BCUT2D eigenvalue weighted by molar-refractivity contribution is 5.77. The van der Waals surface area contributed by atoms with Crippen LogP contribution in [0.3, 0.4) is 0 Å². The molecular weight excluding hydrogens is 560 g/mol. The zero-order valence-electron chi connectivity index (χ0n) is 25.6. The molecule has 0 spiro atoms. The summed E-state index contributed by atoms with van der Waals surface area (Å²) < 4.78 is 18.5. The second kappa shape index (κ2) is 13.0. The number of hydrogen-bond acceptors (Lipinski definition) is 10. The van der Waals surface area contributed by atoms with Gasteiger partial charge in [-0.15, -0.1) is 0 Å². The first kappa shape index (κ1) is 30.3. The van der Waals surface area contributed by atoms with E-state index in [-0.39, 0.29) is 12.7 Å². The Morgan fingerprint density at radius 2 is 1.89 bits per heavy atom. The number of fused-ring (bicyclic) bond motifs is 1. The fourth-order valence-corrected chi connectivity index (χ4v) is 4.79. The van der Waals surface area contributed by atoms with E-state index in [1.165, 1.54) is 0 Å². The molecule has 0 unspecified atom stereocenters. The van der Waals surface area contributed by atoms with Crippen LogP contribution in [0, 0.1) is 0 Å². The number of allylic oxidation sites excluding steroid dienone is 2. The van der Waals surface area contributed by atoms with Crippen LogP contribution < -0.4 is 21.0 Å². The van der Waals surface area contributed by atoms with E-state index < -0.39 is 5.60 Å². The minimum absolute atomic E-state index is 0.168. The molecule has 1 aromatic carbocycles. The van der Waals surface area contributed by atoms with Gasteiger partial charge in [0, 0.05) is 56.6 Å². The van der Waals surface area contributed by atoms with Crippen LogP contribution in [-0.2, 0) is 15.9 Å². The summed E-state index contributed by atoms with van der Waals surface area (Å²) in [7, 11) is 1.63. The van der Waals surface area contributed by atoms with Crippen molar-refractivity contribution in [3.63, 3.8) is 0 Å². The molecular formula is C32H38N8O4. The summed E-state index contributed by atoms with van der Waals surface area (Å²) in [4.78, 5) is 25.5. The first-order chi connectivity index (χ1) is 21.1. The third-order valence-electron chi connectivity index (χ3n) is 7.10. The molecule has 0 atom stereocenters. The lowest BCUT2D eigenvalue weighted by Gasteiger charge is -2.36. The maximum absolute atomic E-state index is 12.4. The van der Waals surface area contributed by atoms with Crippen LogP contribution in [-0.4, -0.2) is 77.5 Å². The Balaban J connectivity index is 1.22. The van der Waals surface area contributed by atoms with Gasteiger partial charge in [0.05, 0.1) is 24.2 Å². The molecule has 1 saturated heterocycles. The summed E-state index contributed by atoms with van der Waals surface area (Å²) in [5.74, 6) is 7.99. The van der Waals surface area contributed by atoms with Gasteiger partial charge >= 0.3 is 6.09 Å². The van der Waals surface area contributed by atoms with Crippen molar-refractivity contribution in [2.45, 2.75) is 32.8 Å². The largest absolute Gasteiger partial charge is 0.497 e. The van der Waals surface area contributed by atoms with Gasteiger partial charge in [-0.05, 0) is 62.7 Å². The number of rotatable bonds is 7. The normalized spacial score (nSPS) is 15.3. The van der Waals surface area contributed by atoms with E-state index >= 15 is 0 Å². The van der Waals surface area contributed by atoms with Crippen molar-refractivity contribution in [1.82, 2.24) is 19.7 Å². The summed E-state index contributed by atoms with van der Waals surface area (Å²) >= 11 is 0. The number of anilines is 1. The molecule has 12 heteroatoms. The van der Waals surface area contributed by atoms with Gasteiger partial charge in [0.25, 0.3) is 0 Å². The van der Waals surface area contributed by atoms with Crippen LogP contribution in [0.2, 0.25) is 0 Å². The zero-order valence-corrected chi connectivity index (χ0v) is 25.6. The first-order valence-corrected chi connectivity index (χ1v) is 14.4. The molecule has 2 N–H and O–H groups in total. The molecule has 5 rings (SSSR count). The molecule has 1 fully saturated rings. The third-order valence-corrected chi connectivity index (χ3v) is 7.10. The lowest BCUT2D eigenvalue weighted by Crippen LogP contribution is -2.50. The van der Waals surface area contributed by atoms with Gasteiger partial charge in [-0.3, -0.25) is 4.99 Å². The first-order valence-electron chi connectivity index (χ1n) is 14.4. The van der Waals surface area contributed by atoms with Crippen molar-refractivity contribution < 1.29 is 19.0 Å². The fraction of sp³-hybridized carbons (Fsp3) is 0.344. The highest BCUT2D eigenvalue weighted by atomic mass is 16.6. The molecule has 0 saturated carbocycles. The SMILES string of the molecule is C=C(COC1=CC=Nc2cc(OC)ccc2C1)n1nc(-c2ccc(N3CCN(C(=O)OC(C)(C)C)CC3)nc2)cc/c1=N/N. The van der Waals surface area contributed by atoms with Crippen molar-refractivity contribution in [3.05, 3.63) is 78.1 Å². The van der Waals surface area contributed by atoms with Crippen molar-refractivity contribution in [1.29, 1.82) is 0 Å². The summed E-state index contributed by atoms with van der Waals surface area (Å²) in [6, 6.07) is 13.3. The second-order valence-electron chi connectivity index (χ2n) is 11.4. The van der Waals surface area contributed by atoms with E-state index in [1.54, 1.807) is 35.2 Å². The molecule has 0 radical (unpaired) electrons. The minimum atomic E-state index is -0.516. The van der Waals surface area contributed by atoms with Crippen LogP contribution in [0.15, 0.2) is 77.2 Å². The standard InChI is InChI=1S/C32H38N8O4/c1-22(21-43-26-12-13-34-28-19-25(42-5)8-6-23(28)18-26)40-30(36-33)11-9-27(37-40)24-7-10-29(35-20-24)38-14-16-39(17-15-38)31(41)44-32(2,3)4/h6-13,19-20H,1,14-18,21,33H2,2-5H3/b36-30-. The Hall–Kier alpha value is -5.13. The predicted molar refractivity (Wildman–Crippen MR) is 169 cm³/mol. The summed E-state index contributed by atoms with van der Waals surface area (Å²) in [6.45, 7) is 12.4. The van der Waals surface area contributed by atoms with Crippen molar-refractivity contribution in [2.75, 3.05) is 44.8 Å². The number of aromatic nitrogens is 3. The van der Waals surface area contributed by atoms with E-state index in [0.717, 1.165) is 34.1 Å². The topological polar surface area (TPSA) is 133 Å². The summed E-state index contributed by atoms with van der Waals surface area (Å²) in [5.41, 5.74) is 3.84. The number of ether oxygens (including phenoxy) is 3. The maximum Gasteiger partial charge on any atom is 0.410 e. The van der Waals surface area contributed by atoms with Gasteiger partial charge in [0.15, 0.2) is 5.49 Å². The molecule has 3 aromatic rings. The number of nitrogens with zero attached hydrogens (tertiary/aromatic N) is 7. The van der Waals surface area contributed by atoms with Gasteiger partial charge < -0.3 is 29.9 Å². The van der Waals surface area contributed by atoms with Crippen molar-refractivity contribution in [2.24, 2.45) is 15.9 Å². The van der Waals surface area contributed by atoms with E-state index in [9.17, 15) is 4.79 Å². The van der Waals surface area contributed by atoms with Crippen LogP contribution >= 0.6 is 0 Å².